The van der Waals surface area contributed by atoms with E-state index in [-0.39, 0.29) is 41.1 Å². The van der Waals surface area contributed by atoms with Crippen LogP contribution in [0.4, 0.5) is 4.39 Å². The average molecular weight is 462 g/mol. The molecule has 2 N–H and O–H groups in total. The average Bonchev–Trinajstić information content (AvgIpc) is 3.05. The molecule has 1 saturated carbocycles. The number of amides is 1. The van der Waals surface area contributed by atoms with Crippen LogP contribution in [0.1, 0.15) is 31.2 Å². The highest BCUT2D eigenvalue weighted by Crippen LogP contribution is 2.38. The molecule has 25 heavy (non-hydrogen) atoms. The first-order valence-corrected chi connectivity index (χ1v) is 8.38. The zero-order valence-corrected chi connectivity index (χ0v) is 17.5. The van der Waals surface area contributed by atoms with Crippen molar-refractivity contribution in [1.82, 2.24) is 15.5 Å². The van der Waals surface area contributed by atoms with E-state index in [1.807, 2.05) is 0 Å². The molecule has 1 aromatic rings. The number of carbonyl (C=O) groups excluding carboxylic acids is 1. The highest BCUT2D eigenvalue weighted by atomic mass is 127. The Balaban J connectivity index is 0.00000312. The Morgan fingerprint density at radius 2 is 1.88 bits per heavy atom. The Labute approximate surface area is 166 Å². The van der Waals surface area contributed by atoms with E-state index in [0.29, 0.717) is 24.6 Å². The van der Waals surface area contributed by atoms with Crippen molar-refractivity contribution in [3.05, 3.63) is 35.6 Å². The van der Waals surface area contributed by atoms with Gasteiger partial charge in [-0.2, -0.15) is 0 Å². The second-order valence-corrected chi connectivity index (χ2v) is 6.56. The molecule has 0 aliphatic heterocycles. The molecule has 0 heterocycles. The highest BCUT2D eigenvalue weighted by Gasteiger charge is 2.42. The van der Waals surface area contributed by atoms with Crippen molar-refractivity contribution in [3.8, 4) is 0 Å². The van der Waals surface area contributed by atoms with Gasteiger partial charge in [-0.05, 0) is 18.9 Å². The lowest BCUT2D eigenvalue weighted by atomic mass is 9.84. The third kappa shape index (κ3) is 5.55. The molecular weight excluding hydrogens is 434 g/mol. The summed E-state index contributed by atoms with van der Waals surface area (Å²) in [5.74, 6) is 0.503. The van der Waals surface area contributed by atoms with Gasteiger partial charge in [-0.15, -0.1) is 24.0 Å². The lowest BCUT2D eigenvalue weighted by molar-refractivity contribution is -0.138. The maximum atomic E-state index is 13.7. The van der Waals surface area contributed by atoms with Crippen LogP contribution < -0.4 is 10.6 Å². The number of nitrogens with one attached hydrogen (secondary N) is 2. The van der Waals surface area contributed by atoms with Crippen molar-refractivity contribution in [2.45, 2.75) is 32.2 Å². The Morgan fingerprint density at radius 1 is 1.24 bits per heavy atom. The van der Waals surface area contributed by atoms with Crippen LogP contribution in [-0.2, 0) is 11.3 Å². The van der Waals surface area contributed by atoms with Crippen LogP contribution in [0.3, 0.4) is 0 Å². The number of nitrogens with zero attached hydrogens (tertiary/aromatic N) is 2. The van der Waals surface area contributed by atoms with Crippen molar-refractivity contribution in [3.63, 3.8) is 0 Å². The van der Waals surface area contributed by atoms with Gasteiger partial charge in [0.25, 0.3) is 0 Å². The van der Waals surface area contributed by atoms with E-state index in [2.05, 4.69) is 15.6 Å². The van der Waals surface area contributed by atoms with E-state index in [0.717, 1.165) is 25.7 Å². The predicted octanol–water partition coefficient (Wildman–Crippen LogP) is 2.76. The minimum atomic E-state index is -0.362. The van der Waals surface area contributed by atoms with Crippen molar-refractivity contribution >= 4 is 35.8 Å². The molecule has 1 amide bonds. The number of hydrogen-bond acceptors (Lipinski definition) is 2. The van der Waals surface area contributed by atoms with Gasteiger partial charge in [0.1, 0.15) is 5.82 Å². The van der Waals surface area contributed by atoms with E-state index in [1.54, 1.807) is 44.2 Å². The largest absolute Gasteiger partial charge is 0.355 e. The molecule has 140 valence electrons. The number of aliphatic imine (C=N–C) groups is 1. The number of guanidine groups is 1. The van der Waals surface area contributed by atoms with Crippen molar-refractivity contribution in [2.24, 2.45) is 10.4 Å². The molecule has 0 unspecified atom stereocenters. The maximum Gasteiger partial charge on any atom is 0.230 e. The van der Waals surface area contributed by atoms with Crippen LogP contribution >= 0.6 is 24.0 Å². The van der Waals surface area contributed by atoms with Crippen molar-refractivity contribution in [1.29, 1.82) is 0 Å². The topological polar surface area (TPSA) is 56.7 Å². The van der Waals surface area contributed by atoms with Crippen LogP contribution in [-0.4, -0.2) is 44.5 Å². The standard InChI is InChI=1S/C18H27FN4O.HI/c1-20-17(21-12-14-8-4-5-9-15(14)19)22-13-18(10-6-7-11-18)16(24)23(2)3;/h4-5,8-9H,6-7,10-13H2,1-3H3,(H2,20,21,22);1H. The lowest BCUT2D eigenvalue weighted by Gasteiger charge is -2.31. The van der Waals surface area contributed by atoms with Crippen molar-refractivity contribution in [2.75, 3.05) is 27.7 Å². The maximum absolute atomic E-state index is 13.7. The number of hydrogen-bond donors (Lipinski definition) is 2. The summed E-state index contributed by atoms with van der Waals surface area (Å²) in [6.45, 7) is 0.891. The minimum absolute atomic E-state index is 0. The summed E-state index contributed by atoms with van der Waals surface area (Å²) in [4.78, 5) is 18.4. The molecule has 7 heteroatoms. The highest BCUT2D eigenvalue weighted by molar-refractivity contribution is 14.0. The number of benzene rings is 1. The first kappa shape index (κ1) is 21.7. The summed E-state index contributed by atoms with van der Waals surface area (Å²) in [5.41, 5.74) is 0.222. The van der Waals surface area contributed by atoms with Gasteiger partial charge in [0.05, 0.1) is 5.41 Å². The SMILES string of the molecule is CN=C(NCc1ccccc1F)NCC1(C(=O)N(C)C)CCCC1.I. The molecule has 0 saturated heterocycles. The van der Waals surface area contributed by atoms with Crippen LogP contribution in [0.25, 0.3) is 0 Å². The monoisotopic (exact) mass is 462 g/mol. The molecule has 1 fully saturated rings. The van der Waals surface area contributed by atoms with Crippen LogP contribution in [0.5, 0.6) is 0 Å². The third-order valence-corrected chi connectivity index (χ3v) is 4.64. The number of halogens is 2. The second-order valence-electron chi connectivity index (χ2n) is 6.56. The fraction of sp³-hybridized carbons (Fsp3) is 0.556. The van der Waals surface area contributed by atoms with Gasteiger partial charge in [0.15, 0.2) is 5.96 Å². The zero-order valence-electron chi connectivity index (χ0n) is 15.1. The van der Waals surface area contributed by atoms with Gasteiger partial charge in [0.2, 0.25) is 5.91 Å². The van der Waals surface area contributed by atoms with Crippen LogP contribution in [0, 0.1) is 11.2 Å². The molecule has 0 atom stereocenters. The molecule has 0 radical (unpaired) electrons. The van der Waals surface area contributed by atoms with E-state index in [4.69, 9.17) is 0 Å². The molecule has 5 nitrogen and oxygen atoms in total. The summed E-state index contributed by atoms with van der Waals surface area (Å²) < 4.78 is 13.7. The van der Waals surface area contributed by atoms with E-state index in [9.17, 15) is 9.18 Å². The molecule has 0 aromatic heterocycles. The minimum Gasteiger partial charge on any atom is -0.355 e. The third-order valence-electron chi connectivity index (χ3n) is 4.64. The predicted molar refractivity (Wildman–Crippen MR) is 110 cm³/mol. The Kier molecular flexibility index (Phi) is 8.61. The van der Waals surface area contributed by atoms with Gasteiger partial charge < -0.3 is 15.5 Å². The van der Waals surface area contributed by atoms with E-state index < -0.39 is 0 Å². The van der Waals surface area contributed by atoms with E-state index >= 15 is 0 Å². The van der Waals surface area contributed by atoms with Gasteiger partial charge >= 0.3 is 0 Å². The molecule has 0 spiro atoms. The molecule has 1 aliphatic carbocycles. The molecule has 2 rings (SSSR count). The van der Waals surface area contributed by atoms with E-state index in [1.165, 1.54) is 6.07 Å². The fourth-order valence-corrected chi connectivity index (χ4v) is 3.29. The van der Waals surface area contributed by atoms with Gasteiger partial charge in [-0.3, -0.25) is 9.79 Å². The lowest BCUT2D eigenvalue weighted by Crippen LogP contribution is -2.49. The summed E-state index contributed by atoms with van der Waals surface area (Å²) in [6.07, 6.45) is 3.92. The van der Waals surface area contributed by atoms with Gasteiger partial charge in [-0.25, -0.2) is 4.39 Å². The quantitative estimate of drug-likeness (QED) is 0.402. The first-order chi connectivity index (χ1) is 11.5. The van der Waals surface area contributed by atoms with Gasteiger partial charge in [0, 0.05) is 39.8 Å². The van der Waals surface area contributed by atoms with Gasteiger partial charge in [-0.1, -0.05) is 31.0 Å². The summed E-state index contributed by atoms with van der Waals surface area (Å²) in [6, 6.07) is 6.66. The molecule has 0 bridgehead atoms. The van der Waals surface area contributed by atoms with Crippen LogP contribution in [0.2, 0.25) is 0 Å². The number of rotatable bonds is 5. The first-order valence-electron chi connectivity index (χ1n) is 8.38. The molecule has 1 aromatic carbocycles. The normalized spacial score (nSPS) is 16.1. The summed E-state index contributed by atoms with van der Waals surface area (Å²) in [7, 11) is 5.27. The number of carbonyl (C=O) groups is 1. The molecular formula is C18H28FIN4O. The zero-order chi connectivity index (χ0) is 17.6. The second kappa shape index (κ2) is 9.94. The fourth-order valence-electron chi connectivity index (χ4n) is 3.29. The summed E-state index contributed by atoms with van der Waals surface area (Å²) in [5, 5.41) is 6.36. The van der Waals surface area contributed by atoms with Crippen LogP contribution in [0.15, 0.2) is 29.3 Å². The Morgan fingerprint density at radius 3 is 2.44 bits per heavy atom. The van der Waals surface area contributed by atoms with Crippen molar-refractivity contribution < 1.29 is 9.18 Å². The Hall–Kier alpha value is -1.38. The summed E-state index contributed by atoms with van der Waals surface area (Å²) >= 11 is 0. The smallest absolute Gasteiger partial charge is 0.230 e. The Bertz CT molecular complexity index is 600. The molecule has 1 aliphatic rings.